The van der Waals surface area contributed by atoms with Crippen molar-refractivity contribution >= 4 is 28.7 Å². The highest BCUT2D eigenvalue weighted by Gasteiger charge is 2.25. The fourth-order valence-electron chi connectivity index (χ4n) is 2.54. The van der Waals surface area contributed by atoms with Crippen LogP contribution in [0.5, 0.6) is 0 Å². The molecule has 0 radical (unpaired) electrons. The Morgan fingerprint density at radius 3 is 2.72 bits per heavy atom. The van der Waals surface area contributed by atoms with Crippen LogP contribution in [-0.4, -0.2) is 47.1 Å². The van der Waals surface area contributed by atoms with Gasteiger partial charge >= 0.3 is 11.9 Å². The van der Waals surface area contributed by atoms with E-state index in [0.29, 0.717) is 0 Å². The summed E-state index contributed by atoms with van der Waals surface area (Å²) in [5.74, 6) is -2.22. The standard InChI is InChI=1S/C17H21N3O5/c1-25-17(24)14(20-16(23)12(18)6-7-15(21)22)8-10-9-19-13-5-3-2-4-11(10)13/h2-5,9,12,14,19H,6-8,18H2,1H3,(H,20,23)(H,21,22). The Kier molecular flexibility index (Phi) is 6.13. The first-order chi connectivity index (χ1) is 11.9. The van der Waals surface area contributed by atoms with E-state index in [1.807, 2.05) is 24.3 Å². The predicted molar refractivity (Wildman–Crippen MR) is 90.8 cm³/mol. The number of methoxy groups -OCH3 is 1. The molecular formula is C17H21N3O5. The number of carbonyl (C=O) groups is 3. The van der Waals surface area contributed by atoms with Crippen LogP contribution < -0.4 is 11.1 Å². The van der Waals surface area contributed by atoms with Crippen molar-refractivity contribution in [2.24, 2.45) is 5.73 Å². The second kappa shape index (κ2) is 8.29. The van der Waals surface area contributed by atoms with Gasteiger partial charge in [0.25, 0.3) is 0 Å². The van der Waals surface area contributed by atoms with Gasteiger partial charge in [0.1, 0.15) is 6.04 Å². The number of aromatic amines is 1. The molecule has 0 bridgehead atoms. The highest BCUT2D eigenvalue weighted by molar-refractivity contribution is 5.89. The number of fused-ring (bicyclic) bond motifs is 1. The summed E-state index contributed by atoms with van der Waals surface area (Å²) in [6.45, 7) is 0. The van der Waals surface area contributed by atoms with Crippen molar-refractivity contribution in [1.29, 1.82) is 0 Å². The van der Waals surface area contributed by atoms with Crippen molar-refractivity contribution in [2.75, 3.05) is 7.11 Å². The number of carboxylic acids is 1. The number of benzene rings is 1. The summed E-state index contributed by atoms with van der Waals surface area (Å²) in [7, 11) is 1.24. The summed E-state index contributed by atoms with van der Waals surface area (Å²) in [5.41, 5.74) is 7.46. The van der Waals surface area contributed by atoms with Gasteiger partial charge in [-0.15, -0.1) is 0 Å². The Morgan fingerprint density at radius 1 is 1.32 bits per heavy atom. The topological polar surface area (TPSA) is 135 Å². The Bertz CT molecular complexity index is 770. The SMILES string of the molecule is COC(=O)C(Cc1c[nH]c2ccccc12)NC(=O)C(N)CCC(=O)O. The van der Waals surface area contributed by atoms with Gasteiger partial charge in [-0.3, -0.25) is 9.59 Å². The number of aromatic nitrogens is 1. The minimum Gasteiger partial charge on any atom is -0.481 e. The molecule has 5 N–H and O–H groups in total. The molecule has 1 heterocycles. The van der Waals surface area contributed by atoms with Gasteiger partial charge in [0.15, 0.2) is 0 Å². The van der Waals surface area contributed by atoms with Crippen LogP contribution in [0.1, 0.15) is 18.4 Å². The molecule has 0 saturated carbocycles. The summed E-state index contributed by atoms with van der Waals surface area (Å²) in [5, 5.41) is 12.2. The number of amides is 1. The van der Waals surface area contributed by atoms with E-state index in [4.69, 9.17) is 15.6 Å². The second-order valence-corrected chi connectivity index (χ2v) is 5.69. The molecule has 1 aromatic heterocycles. The second-order valence-electron chi connectivity index (χ2n) is 5.69. The van der Waals surface area contributed by atoms with E-state index in [1.54, 1.807) is 6.20 Å². The average Bonchev–Trinajstić information content (AvgIpc) is 3.01. The largest absolute Gasteiger partial charge is 0.481 e. The predicted octanol–water partition coefficient (Wildman–Crippen LogP) is 0.560. The third-order valence-electron chi connectivity index (χ3n) is 3.91. The minimum atomic E-state index is -1.04. The Hall–Kier alpha value is -2.87. The molecule has 134 valence electrons. The van der Waals surface area contributed by atoms with Crippen LogP contribution in [0.3, 0.4) is 0 Å². The first-order valence-electron chi connectivity index (χ1n) is 7.83. The zero-order chi connectivity index (χ0) is 18.4. The molecular weight excluding hydrogens is 326 g/mol. The van der Waals surface area contributed by atoms with Gasteiger partial charge < -0.3 is 25.9 Å². The molecule has 8 heteroatoms. The van der Waals surface area contributed by atoms with Gasteiger partial charge in [0.2, 0.25) is 5.91 Å². The lowest BCUT2D eigenvalue weighted by atomic mass is 10.0. The van der Waals surface area contributed by atoms with Crippen LogP contribution in [0.2, 0.25) is 0 Å². The summed E-state index contributed by atoms with van der Waals surface area (Å²) >= 11 is 0. The van der Waals surface area contributed by atoms with E-state index < -0.39 is 29.9 Å². The maximum atomic E-state index is 12.1. The van der Waals surface area contributed by atoms with E-state index in [9.17, 15) is 14.4 Å². The number of carboxylic acid groups (broad SMARTS) is 1. The van der Waals surface area contributed by atoms with Crippen LogP contribution in [0.4, 0.5) is 0 Å². The summed E-state index contributed by atoms with van der Waals surface area (Å²) < 4.78 is 4.75. The van der Waals surface area contributed by atoms with Crippen LogP contribution in [0.15, 0.2) is 30.5 Å². The lowest BCUT2D eigenvalue weighted by Gasteiger charge is -2.19. The molecule has 0 aliphatic carbocycles. The number of hydrogen-bond donors (Lipinski definition) is 4. The smallest absolute Gasteiger partial charge is 0.328 e. The highest BCUT2D eigenvalue weighted by Crippen LogP contribution is 2.19. The quantitative estimate of drug-likeness (QED) is 0.515. The molecule has 1 amide bonds. The lowest BCUT2D eigenvalue weighted by molar-refractivity contribution is -0.145. The molecule has 0 aliphatic rings. The zero-order valence-electron chi connectivity index (χ0n) is 13.8. The van der Waals surface area contributed by atoms with Crippen LogP contribution in [0.25, 0.3) is 10.9 Å². The molecule has 2 atom stereocenters. The fraction of sp³-hybridized carbons (Fsp3) is 0.353. The van der Waals surface area contributed by atoms with Crippen molar-refractivity contribution in [1.82, 2.24) is 10.3 Å². The molecule has 0 spiro atoms. The van der Waals surface area contributed by atoms with E-state index in [1.165, 1.54) is 7.11 Å². The van der Waals surface area contributed by atoms with E-state index in [-0.39, 0.29) is 19.3 Å². The normalized spacial score (nSPS) is 13.2. The highest BCUT2D eigenvalue weighted by atomic mass is 16.5. The van der Waals surface area contributed by atoms with E-state index >= 15 is 0 Å². The molecule has 2 rings (SSSR count). The fourth-order valence-corrected chi connectivity index (χ4v) is 2.54. The molecule has 8 nitrogen and oxygen atoms in total. The number of nitrogens with two attached hydrogens (primary N) is 1. The maximum absolute atomic E-state index is 12.1. The Labute approximate surface area is 144 Å². The van der Waals surface area contributed by atoms with Crippen molar-refractivity contribution in [3.05, 3.63) is 36.0 Å². The first-order valence-corrected chi connectivity index (χ1v) is 7.83. The zero-order valence-corrected chi connectivity index (χ0v) is 13.8. The van der Waals surface area contributed by atoms with E-state index in [2.05, 4.69) is 10.3 Å². The molecule has 25 heavy (non-hydrogen) atoms. The molecule has 1 aromatic carbocycles. The van der Waals surface area contributed by atoms with Gasteiger partial charge in [0, 0.05) is 29.9 Å². The number of esters is 1. The number of hydrogen-bond acceptors (Lipinski definition) is 5. The van der Waals surface area contributed by atoms with Crippen LogP contribution in [0, 0.1) is 0 Å². The first kappa shape index (κ1) is 18.5. The molecule has 2 aromatic rings. The molecule has 2 unspecified atom stereocenters. The number of rotatable bonds is 8. The monoisotopic (exact) mass is 347 g/mol. The van der Waals surface area contributed by atoms with Crippen LogP contribution >= 0.6 is 0 Å². The lowest BCUT2D eigenvalue weighted by Crippen LogP contribution is -2.49. The number of carbonyl (C=O) groups excluding carboxylic acids is 2. The van der Waals surface area contributed by atoms with Gasteiger partial charge in [-0.2, -0.15) is 0 Å². The van der Waals surface area contributed by atoms with Gasteiger partial charge in [-0.05, 0) is 18.1 Å². The minimum absolute atomic E-state index is 0.0118. The van der Waals surface area contributed by atoms with Crippen molar-refractivity contribution in [3.8, 4) is 0 Å². The van der Waals surface area contributed by atoms with Crippen molar-refractivity contribution < 1.29 is 24.2 Å². The van der Waals surface area contributed by atoms with Crippen molar-refractivity contribution in [3.63, 3.8) is 0 Å². The molecule has 0 saturated heterocycles. The average molecular weight is 347 g/mol. The third kappa shape index (κ3) is 4.80. The maximum Gasteiger partial charge on any atom is 0.328 e. The third-order valence-corrected chi connectivity index (χ3v) is 3.91. The number of ether oxygens (including phenoxy) is 1. The van der Waals surface area contributed by atoms with Crippen molar-refractivity contribution in [2.45, 2.75) is 31.3 Å². The summed E-state index contributed by atoms with van der Waals surface area (Å²) in [6.07, 6.45) is 1.77. The number of para-hydroxylation sites is 1. The Balaban J connectivity index is 2.10. The van der Waals surface area contributed by atoms with E-state index in [0.717, 1.165) is 16.5 Å². The van der Waals surface area contributed by atoms with Gasteiger partial charge in [-0.25, -0.2) is 4.79 Å². The summed E-state index contributed by atoms with van der Waals surface area (Å²) in [4.78, 5) is 37.8. The summed E-state index contributed by atoms with van der Waals surface area (Å²) in [6, 6.07) is 5.68. The Morgan fingerprint density at radius 2 is 2.04 bits per heavy atom. The number of aliphatic carboxylic acids is 1. The molecule has 0 aliphatic heterocycles. The van der Waals surface area contributed by atoms with Crippen LogP contribution in [-0.2, 0) is 25.5 Å². The van der Waals surface area contributed by atoms with Gasteiger partial charge in [-0.1, -0.05) is 18.2 Å². The molecule has 0 fully saturated rings. The number of H-pyrrole nitrogens is 1. The number of nitrogens with one attached hydrogen (secondary N) is 2. The van der Waals surface area contributed by atoms with Gasteiger partial charge in [0.05, 0.1) is 13.2 Å².